The summed E-state index contributed by atoms with van der Waals surface area (Å²) in [6.07, 6.45) is -4.60. The lowest BCUT2D eigenvalue weighted by Crippen LogP contribution is -2.44. The van der Waals surface area contributed by atoms with E-state index in [0.717, 1.165) is 18.5 Å². The van der Waals surface area contributed by atoms with Crippen molar-refractivity contribution in [3.8, 4) is 11.4 Å². The van der Waals surface area contributed by atoms with Crippen molar-refractivity contribution < 1.29 is 17.9 Å². The molecule has 0 bridgehead atoms. The van der Waals surface area contributed by atoms with Gasteiger partial charge in [0.15, 0.2) is 5.60 Å². The first-order valence-electron chi connectivity index (χ1n) is 5.78. The van der Waals surface area contributed by atoms with Crippen LogP contribution in [0, 0.1) is 0 Å². The summed E-state index contributed by atoms with van der Waals surface area (Å²) in [6, 6.07) is 3.86. The van der Waals surface area contributed by atoms with Gasteiger partial charge in [0.05, 0.1) is 0 Å². The van der Waals surface area contributed by atoms with E-state index < -0.39 is 17.5 Å². The van der Waals surface area contributed by atoms with E-state index in [2.05, 4.69) is 10.4 Å². The number of benzene rings is 1. The van der Waals surface area contributed by atoms with Crippen molar-refractivity contribution in [3.63, 3.8) is 0 Å². The van der Waals surface area contributed by atoms with Crippen LogP contribution in [-0.2, 0) is 0 Å². The van der Waals surface area contributed by atoms with Crippen LogP contribution in [0.1, 0.15) is 13.8 Å². The number of anilines is 1. The second-order valence-corrected chi connectivity index (χ2v) is 4.76. The summed E-state index contributed by atoms with van der Waals surface area (Å²) in [4.78, 5) is 11.5. The minimum atomic E-state index is -4.60. The number of ether oxygens (including phenoxy) is 1. The van der Waals surface area contributed by atoms with Gasteiger partial charge in [-0.05, 0) is 42.5 Å². The summed E-state index contributed by atoms with van der Waals surface area (Å²) in [7, 11) is 0. The van der Waals surface area contributed by atoms with Gasteiger partial charge in [-0.2, -0.15) is 17.9 Å². The highest BCUT2D eigenvalue weighted by Gasteiger charge is 2.50. The molecular weight excluding hydrogens is 291 g/mol. The van der Waals surface area contributed by atoms with E-state index in [-0.39, 0.29) is 17.1 Å². The maximum Gasteiger partial charge on any atom is 0.427 e. The molecule has 0 amide bonds. The number of aromatic amines is 1. The molecule has 0 fully saturated rings. The van der Waals surface area contributed by atoms with Crippen LogP contribution in [0.4, 0.5) is 18.9 Å². The van der Waals surface area contributed by atoms with Crippen molar-refractivity contribution in [1.82, 2.24) is 20.2 Å². The van der Waals surface area contributed by atoms with Gasteiger partial charge < -0.3 is 10.5 Å². The molecule has 21 heavy (non-hydrogen) atoms. The van der Waals surface area contributed by atoms with E-state index in [0.29, 0.717) is 0 Å². The van der Waals surface area contributed by atoms with Crippen molar-refractivity contribution in [2.24, 2.45) is 0 Å². The molecule has 0 saturated heterocycles. The predicted octanol–water partition coefficient (Wildman–Crippen LogP) is 1.26. The summed E-state index contributed by atoms with van der Waals surface area (Å²) in [6.45, 7) is 1.75. The average Bonchev–Trinajstić information content (AvgIpc) is 2.76. The van der Waals surface area contributed by atoms with Crippen LogP contribution in [0.15, 0.2) is 23.0 Å². The molecule has 0 atom stereocenters. The number of nitrogens with zero attached hydrogens (tertiary/aromatic N) is 3. The van der Waals surface area contributed by atoms with E-state index in [9.17, 15) is 18.0 Å². The first kappa shape index (κ1) is 14.9. The fourth-order valence-electron chi connectivity index (χ4n) is 1.47. The Morgan fingerprint density at radius 3 is 2.52 bits per heavy atom. The van der Waals surface area contributed by atoms with Crippen molar-refractivity contribution in [1.29, 1.82) is 0 Å². The van der Waals surface area contributed by atoms with Crippen LogP contribution < -0.4 is 16.2 Å². The Morgan fingerprint density at radius 2 is 2.00 bits per heavy atom. The molecule has 0 aliphatic rings. The Balaban J connectivity index is 2.51. The van der Waals surface area contributed by atoms with Crippen LogP contribution in [0.2, 0.25) is 0 Å². The average molecular weight is 303 g/mol. The molecule has 0 unspecified atom stereocenters. The van der Waals surface area contributed by atoms with Gasteiger partial charge in [-0.25, -0.2) is 9.89 Å². The highest BCUT2D eigenvalue weighted by Crippen LogP contribution is 2.36. The Bertz CT molecular complexity index is 704. The Labute approximate surface area is 116 Å². The maximum atomic E-state index is 12.9. The summed E-state index contributed by atoms with van der Waals surface area (Å²) < 4.78 is 44.5. The number of tetrazole rings is 1. The molecule has 0 aliphatic carbocycles. The molecule has 0 aliphatic heterocycles. The zero-order chi connectivity index (χ0) is 15.8. The zero-order valence-corrected chi connectivity index (χ0v) is 11.1. The summed E-state index contributed by atoms with van der Waals surface area (Å²) >= 11 is 0. The highest BCUT2D eigenvalue weighted by atomic mass is 19.4. The second-order valence-electron chi connectivity index (χ2n) is 4.76. The number of H-pyrrole nitrogens is 1. The quantitative estimate of drug-likeness (QED) is 0.832. The van der Waals surface area contributed by atoms with Gasteiger partial charge in [-0.1, -0.05) is 0 Å². The molecule has 0 saturated carbocycles. The predicted molar refractivity (Wildman–Crippen MR) is 67.2 cm³/mol. The van der Waals surface area contributed by atoms with Crippen LogP contribution in [-0.4, -0.2) is 32.0 Å². The highest BCUT2D eigenvalue weighted by molar-refractivity contribution is 5.55. The molecule has 3 N–H and O–H groups in total. The van der Waals surface area contributed by atoms with Crippen LogP contribution >= 0.6 is 0 Å². The Morgan fingerprint density at radius 1 is 1.33 bits per heavy atom. The Kier molecular flexibility index (Phi) is 3.39. The first-order valence-corrected chi connectivity index (χ1v) is 5.78. The second kappa shape index (κ2) is 4.79. The van der Waals surface area contributed by atoms with Crippen LogP contribution in [0.25, 0.3) is 5.69 Å². The van der Waals surface area contributed by atoms with E-state index in [1.165, 1.54) is 18.2 Å². The number of aromatic nitrogens is 4. The van der Waals surface area contributed by atoms with Crippen molar-refractivity contribution in [3.05, 3.63) is 28.7 Å². The van der Waals surface area contributed by atoms with Crippen molar-refractivity contribution in [2.75, 3.05) is 5.73 Å². The molecule has 1 aromatic heterocycles. The van der Waals surface area contributed by atoms with E-state index >= 15 is 0 Å². The van der Waals surface area contributed by atoms with E-state index in [4.69, 9.17) is 10.5 Å². The Hall–Kier alpha value is -2.52. The lowest BCUT2D eigenvalue weighted by Gasteiger charge is -2.29. The van der Waals surface area contributed by atoms with Gasteiger partial charge in [0, 0.05) is 5.69 Å². The van der Waals surface area contributed by atoms with Crippen LogP contribution in [0.3, 0.4) is 0 Å². The normalized spacial score (nSPS) is 12.4. The fourth-order valence-corrected chi connectivity index (χ4v) is 1.47. The third kappa shape index (κ3) is 2.83. The minimum absolute atomic E-state index is 0.0360. The van der Waals surface area contributed by atoms with Gasteiger partial charge in [-0.3, -0.25) is 0 Å². The van der Waals surface area contributed by atoms with Gasteiger partial charge >= 0.3 is 11.9 Å². The number of alkyl halides is 3. The lowest BCUT2D eigenvalue weighted by molar-refractivity contribution is -0.234. The number of hydrogen-bond acceptors (Lipinski definition) is 5. The smallest absolute Gasteiger partial charge is 0.427 e. The molecular formula is C11H12F3N5O2. The number of nitrogens with one attached hydrogen (secondary N) is 1. The summed E-state index contributed by atoms with van der Waals surface area (Å²) in [5.74, 6) is -0.192. The first-order chi connectivity index (χ1) is 9.62. The number of hydrogen-bond donors (Lipinski definition) is 2. The molecule has 1 heterocycles. The summed E-state index contributed by atoms with van der Waals surface area (Å²) in [5.41, 5.74) is 2.60. The molecule has 0 spiro atoms. The van der Waals surface area contributed by atoms with Crippen molar-refractivity contribution >= 4 is 5.69 Å². The third-order valence-corrected chi connectivity index (χ3v) is 2.73. The number of nitrogens with two attached hydrogens (primary N) is 1. The minimum Gasteiger partial charge on any atom is -0.476 e. The molecule has 2 rings (SSSR count). The standard InChI is InChI=1S/C11H12F3N5O2/c1-10(2,11(12,13)14)21-8-4-3-6(15)5-7(8)19-9(20)16-17-18-19/h3-5H,15H2,1-2H3,(H,16,18,20). The van der Waals surface area contributed by atoms with E-state index in [1.807, 2.05) is 5.10 Å². The molecule has 1 aromatic carbocycles. The lowest BCUT2D eigenvalue weighted by atomic mass is 10.1. The topological polar surface area (TPSA) is 98.8 Å². The largest absolute Gasteiger partial charge is 0.476 e. The summed E-state index contributed by atoms with van der Waals surface area (Å²) in [5, 5.41) is 8.77. The third-order valence-electron chi connectivity index (χ3n) is 2.73. The molecule has 114 valence electrons. The monoisotopic (exact) mass is 303 g/mol. The molecule has 0 radical (unpaired) electrons. The SMILES string of the molecule is CC(C)(Oc1ccc(N)cc1-n1nn[nH]c1=O)C(F)(F)F. The maximum absolute atomic E-state index is 12.9. The van der Waals surface area contributed by atoms with E-state index in [1.54, 1.807) is 0 Å². The molecule has 7 nitrogen and oxygen atoms in total. The number of halogens is 3. The van der Waals surface area contributed by atoms with Gasteiger partial charge in [0.1, 0.15) is 11.4 Å². The molecule has 10 heteroatoms. The molecule has 2 aromatic rings. The number of rotatable bonds is 3. The zero-order valence-electron chi connectivity index (χ0n) is 11.1. The number of nitrogen functional groups attached to an aromatic ring is 1. The van der Waals surface area contributed by atoms with Crippen molar-refractivity contribution in [2.45, 2.75) is 25.6 Å². The van der Waals surface area contributed by atoms with Crippen LogP contribution in [0.5, 0.6) is 5.75 Å². The van der Waals surface area contributed by atoms with Gasteiger partial charge in [-0.15, -0.1) is 0 Å². The fraction of sp³-hybridized carbons (Fsp3) is 0.364. The van der Waals surface area contributed by atoms with Gasteiger partial charge in [0.25, 0.3) is 0 Å². The van der Waals surface area contributed by atoms with Gasteiger partial charge in [0.2, 0.25) is 0 Å².